The highest BCUT2D eigenvalue weighted by Crippen LogP contribution is 2.30. The highest BCUT2D eigenvalue weighted by atomic mass is 16.3. The Labute approximate surface area is 122 Å². The second-order valence-electron chi connectivity index (χ2n) is 5.43. The molecule has 0 atom stereocenters. The molecule has 0 radical (unpaired) electrons. The van der Waals surface area contributed by atoms with Gasteiger partial charge < -0.3 is 10.0 Å². The number of hydrogen-bond acceptors (Lipinski definition) is 5. The highest BCUT2D eigenvalue weighted by molar-refractivity contribution is 5.94. The predicted octanol–water partition coefficient (Wildman–Crippen LogP) is 0.632. The summed E-state index contributed by atoms with van der Waals surface area (Å²) in [5.74, 6) is 0.291. The van der Waals surface area contributed by atoms with E-state index in [4.69, 9.17) is 0 Å². The molecule has 1 aromatic carbocycles. The van der Waals surface area contributed by atoms with Crippen molar-refractivity contribution >= 4 is 5.91 Å². The average Bonchev–Trinajstić information content (AvgIpc) is 3.02. The number of aliphatic hydroxyl groups is 1. The first-order valence-electron chi connectivity index (χ1n) is 6.91. The van der Waals surface area contributed by atoms with Crippen LogP contribution in [-0.4, -0.2) is 49.6 Å². The molecule has 0 unspecified atom stereocenters. The van der Waals surface area contributed by atoms with Gasteiger partial charge in [-0.3, -0.25) is 4.79 Å². The van der Waals surface area contributed by atoms with E-state index in [0.29, 0.717) is 37.3 Å². The maximum Gasteiger partial charge on any atom is 0.253 e. The van der Waals surface area contributed by atoms with Gasteiger partial charge in [0, 0.05) is 31.5 Å². The van der Waals surface area contributed by atoms with E-state index >= 15 is 0 Å². The van der Waals surface area contributed by atoms with Gasteiger partial charge in [0.05, 0.1) is 0 Å². The molecule has 21 heavy (non-hydrogen) atoms. The fraction of sp³-hybridized carbons (Fsp3) is 0.429. The second-order valence-corrected chi connectivity index (χ2v) is 5.43. The lowest BCUT2D eigenvalue weighted by Gasteiger charge is -2.36. The van der Waals surface area contributed by atoms with Gasteiger partial charge in [0.2, 0.25) is 5.82 Å². The van der Waals surface area contributed by atoms with Gasteiger partial charge in [0.1, 0.15) is 5.60 Å². The molecule has 1 saturated heterocycles. The lowest BCUT2D eigenvalue weighted by Crippen LogP contribution is -2.45. The van der Waals surface area contributed by atoms with Crippen molar-refractivity contribution in [2.24, 2.45) is 0 Å². The molecule has 0 spiro atoms. The molecule has 2 N–H and O–H groups in total. The molecule has 1 amide bonds. The van der Waals surface area contributed by atoms with Crippen molar-refractivity contribution in [2.75, 3.05) is 13.1 Å². The molecule has 2 aromatic rings. The number of carbonyl (C=O) groups is 1. The Morgan fingerprint density at radius 3 is 2.76 bits per heavy atom. The number of aryl methyl sites for hydroxylation is 1. The van der Waals surface area contributed by atoms with Gasteiger partial charge in [0.25, 0.3) is 5.91 Å². The average molecular weight is 287 g/mol. The number of carbonyl (C=O) groups excluding carboxylic acids is 1. The van der Waals surface area contributed by atoms with Crippen LogP contribution in [0.5, 0.6) is 0 Å². The van der Waals surface area contributed by atoms with Crippen molar-refractivity contribution < 1.29 is 9.90 Å². The molecule has 110 valence electrons. The minimum atomic E-state index is -1.10. The summed E-state index contributed by atoms with van der Waals surface area (Å²) in [5.41, 5.74) is 0.636. The van der Waals surface area contributed by atoms with Gasteiger partial charge in [0.15, 0.2) is 0 Å². The highest BCUT2D eigenvalue weighted by Gasteiger charge is 2.38. The predicted molar refractivity (Wildman–Crippen MR) is 74.4 cm³/mol. The number of benzene rings is 1. The van der Waals surface area contributed by atoms with Crippen LogP contribution >= 0.6 is 0 Å². The van der Waals surface area contributed by atoms with Crippen LogP contribution in [0.15, 0.2) is 24.3 Å². The maximum absolute atomic E-state index is 12.4. The molecule has 3 rings (SSSR count). The summed E-state index contributed by atoms with van der Waals surface area (Å²) in [4.78, 5) is 14.2. The van der Waals surface area contributed by atoms with Crippen molar-refractivity contribution in [3.63, 3.8) is 0 Å². The summed E-state index contributed by atoms with van der Waals surface area (Å²) in [6.07, 6.45) is 0.814. The van der Waals surface area contributed by atoms with Crippen molar-refractivity contribution in [1.29, 1.82) is 0 Å². The van der Waals surface area contributed by atoms with E-state index in [0.717, 1.165) is 5.56 Å². The zero-order valence-corrected chi connectivity index (χ0v) is 11.8. The maximum atomic E-state index is 12.4. The summed E-state index contributed by atoms with van der Waals surface area (Å²) in [6, 6.07) is 7.53. The molecule has 1 aliphatic heterocycles. The van der Waals surface area contributed by atoms with Crippen LogP contribution in [0.25, 0.3) is 0 Å². The molecule has 7 nitrogen and oxygen atoms in total. The van der Waals surface area contributed by atoms with Crippen LogP contribution in [0, 0.1) is 6.92 Å². The number of H-pyrrole nitrogens is 1. The van der Waals surface area contributed by atoms with Crippen molar-refractivity contribution in [3.8, 4) is 0 Å². The molecule has 7 heteroatoms. The van der Waals surface area contributed by atoms with E-state index in [1.54, 1.807) is 4.90 Å². The van der Waals surface area contributed by atoms with Gasteiger partial charge in [-0.15, -0.1) is 10.2 Å². The van der Waals surface area contributed by atoms with Crippen molar-refractivity contribution in [1.82, 2.24) is 25.5 Å². The van der Waals surface area contributed by atoms with Gasteiger partial charge in [-0.25, -0.2) is 0 Å². The minimum absolute atomic E-state index is 0.00568. The van der Waals surface area contributed by atoms with E-state index in [1.807, 2.05) is 31.2 Å². The van der Waals surface area contributed by atoms with E-state index in [1.165, 1.54) is 0 Å². The monoisotopic (exact) mass is 287 g/mol. The van der Waals surface area contributed by atoms with Crippen LogP contribution < -0.4 is 0 Å². The van der Waals surface area contributed by atoms with E-state index < -0.39 is 5.60 Å². The number of nitrogens with zero attached hydrogens (tertiary/aromatic N) is 4. The van der Waals surface area contributed by atoms with Gasteiger partial charge in [-0.05, 0) is 19.1 Å². The number of hydrogen-bond donors (Lipinski definition) is 2. The number of nitrogens with one attached hydrogen (secondary N) is 1. The Kier molecular flexibility index (Phi) is 3.42. The summed E-state index contributed by atoms with van der Waals surface area (Å²) < 4.78 is 0. The molecule has 0 aliphatic carbocycles. The standard InChI is InChI=1S/C14H17N5O2/c1-10-3-2-4-11(9-10)12(20)19-7-5-14(21,6-8-19)13-15-17-18-16-13/h2-4,9,21H,5-8H2,1H3,(H,15,16,17,18). The number of aromatic nitrogens is 4. The zero-order valence-electron chi connectivity index (χ0n) is 11.8. The molecular weight excluding hydrogens is 270 g/mol. The SMILES string of the molecule is Cc1cccc(C(=O)N2CCC(O)(c3nn[nH]n3)CC2)c1. The van der Waals surface area contributed by atoms with Crippen LogP contribution in [0.1, 0.15) is 34.6 Å². The molecule has 1 aromatic heterocycles. The molecule has 1 fully saturated rings. The number of tetrazole rings is 1. The normalized spacial score (nSPS) is 17.7. The topological polar surface area (TPSA) is 95.0 Å². The van der Waals surface area contributed by atoms with Crippen molar-refractivity contribution in [2.45, 2.75) is 25.4 Å². The Morgan fingerprint density at radius 1 is 1.38 bits per heavy atom. The summed E-state index contributed by atoms with van der Waals surface area (Å²) in [5, 5.41) is 24.0. The molecule has 0 saturated carbocycles. The number of piperidine rings is 1. The van der Waals surface area contributed by atoms with Crippen LogP contribution in [-0.2, 0) is 5.60 Å². The van der Waals surface area contributed by atoms with E-state index in [2.05, 4.69) is 20.6 Å². The van der Waals surface area contributed by atoms with E-state index in [9.17, 15) is 9.90 Å². The second kappa shape index (κ2) is 5.25. The Bertz CT molecular complexity index is 633. The third-order valence-corrected chi connectivity index (χ3v) is 3.90. The first-order valence-corrected chi connectivity index (χ1v) is 6.91. The first kappa shape index (κ1) is 13.7. The van der Waals surface area contributed by atoms with Crippen molar-refractivity contribution in [3.05, 3.63) is 41.2 Å². The lowest BCUT2D eigenvalue weighted by atomic mass is 9.90. The third kappa shape index (κ3) is 2.64. The fourth-order valence-electron chi connectivity index (χ4n) is 2.62. The Morgan fingerprint density at radius 2 is 2.14 bits per heavy atom. The Balaban J connectivity index is 1.70. The molecule has 0 bridgehead atoms. The summed E-state index contributed by atoms with van der Waals surface area (Å²) >= 11 is 0. The summed E-state index contributed by atoms with van der Waals surface area (Å²) in [7, 11) is 0. The molecular formula is C14H17N5O2. The Hall–Kier alpha value is -2.28. The van der Waals surface area contributed by atoms with Crippen LogP contribution in [0.4, 0.5) is 0 Å². The lowest BCUT2D eigenvalue weighted by molar-refractivity contribution is -0.0279. The van der Waals surface area contributed by atoms with Gasteiger partial charge >= 0.3 is 0 Å². The molecule has 1 aliphatic rings. The number of amides is 1. The zero-order chi connectivity index (χ0) is 14.9. The summed E-state index contributed by atoms with van der Waals surface area (Å²) in [6.45, 7) is 2.90. The smallest absolute Gasteiger partial charge is 0.253 e. The number of likely N-dealkylation sites (tertiary alicyclic amines) is 1. The fourth-order valence-corrected chi connectivity index (χ4v) is 2.62. The largest absolute Gasteiger partial charge is 0.382 e. The third-order valence-electron chi connectivity index (χ3n) is 3.90. The number of rotatable bonds is 2. The van der Waals surface area contributed by atoms with E-state index in [-0.39, 0.29) is 5.91 Å². The molecule has 2 heterocycles. The number of aromatic amines is 1. The first-order chi connectivity index (χ1) is 10.1. The van der Waals surface area contributed by atoms with Gasteiger partial charge in [-0.1, -0.05) is 22.9 Å². The van der Waals surface area contributed by atoms with Crippen LogP contribution in [0.2, 0.25) is 0 Å². The van der Waals surface area contributed by atoms with Crippen LogP contribution in [0.3, 0.4) is 0 Å². The van der Waals surface area contributed by atoms with Gasteiger partial charge in [-0.2, -0.15) is 5.21 Å². The minimum Gasteiger partial charge on any atom is -0.382 e. The quantitative estimate of drug-likeness (QED) is 0.845.